The van der Waals surface area contributed by atoms with Gasteiger partial charge in [-0.25, -0.2) is 17.6 Å². The molecule has 0 amide bonds. The van der Waals surface area contributed by atoms with Crippen molar-refractivity contribution in [2.75, 3.05) is 6.67 Å². The number of hydrogen-bond acceptors (Lipinski definition) is 0. The van der Waals surface area contributed by atoms with E-state index in [9.17, 15) is 17.6 Å². The molecule has 0 aliphatic rings. The van der Waals surface area contributed by atoms with Crippen molar-refractivity contribution in [3.05, 3.63) is 6.92 Å². The first-order valence-electron chi connectivity index (χ1n) is 2.89. The Hall–Kier alpha value is -0.280. The Morgan fingerprint density at radius 3 is 2.20 bits per heavy atom. The fraction of sp³-hybridized carbons (Fsp3) is 0.833. The van der Waals surface area contributed by atoms with Gasteiger partial charge in [-0.1, -0.05) is 6.92 Å². The van der Waals surface area contributed by atoms with Crippen LogP contribution in [0.2, 0.25) is 0 Å². The van der Waals surface area contributed by atoms with Gasteiger partial charge in [0.2, 0.25) is 0 Å². The lowest BCUT2D eigenvalue weighted by Gasteiger charge is -2.13. The molecule has 0 nitrogen and oxygen atoms in total. The van der Waals surface area contributed by atoms with Crippen LogP contribution in [-0.2, 0) is 0 Å². The van der Waals surface area contributed by atoms with Gasteiger partial charge in [-0.3, -0.25) is 0 Å². The first kappa shape index (κ1) is 9.72. The highest BCUT2D eigenvalue weighted by atomic mass is 19.3. The summed E-state index contributed by atoms with van der Waals surface area (Å²) in [6.45, 7) is 1.28. The lowest BCUT2D eigenvalue weighted by atomic mass is 10.1. The van der Waals surface area contributed by atoms with E-state index in [1.54, 1.807) is 0 Å². The van der Waals surface area contributed by atoms with Crippen molar-refractivity contribution >= 4 is 0 Å². The molecule has 0 aliphatic heterocycles. The normalized spacial score (nSPS) is 15.3. The summed E-state index contributed by atoms with van der Waals surface area (Å²) in [5, 5.41) is 0. The summed E-state index contributed by atoms with van der Waals surface area (Å²) in [5.74, 6) is -3.52. The van der Waals surface area contributed by atoms with E-state index < -0.39 is 25.2 Å². The van der Waals surface area contributed by atoms with Crippen molar-refractivity contribution in [3.8, 4) is 0 Å². The molecule has 0 aromatic heterocycles. The topological polar surface area (TPSA) is 0 Å². The predicted octanol–water partition coefficient (Wildman–Crippen LogP) is 2.54. The second-order valence-electron chi connectivity index (χ2n) is 2.08. The average molecular weight is 157 g/mol. The van der Waals surface area contributed by atoms with E-state index in [-0.39, 0.29) is 6.42 Å². The zero-order chi connectivity index (χ0) is 8.20. The number of halogens is 4. The number of alkyl halides is 4. The molecule has 0 saturated heterocycles. The third-order valence-electron chi connectivity index (χ3n) is 1.03. The zero-order valence-corrected chi connectivity index (χ0v) is 5.42. The third-order valence-corrected chi connectivity index (χ3v) is 1.03. The fourth-order valence-corrected chi connectivity index (χ4v) is 0.481. The van der Waals surface area contributed by atoms with Crippen molar-refractivity contribution in [1.82, 2.24) is 0 Å². The molecule has 0 aromatic carbocycles. The molecule has 0 rings (SSSR count). The fourth-order valence-electron chi connectivity index (χ4n) is 0.481. The Morgan fingerprint density at radius 2 is 1.90 bits per heavy atom. The molecule has 0 aromatic rings. The van der Waals surface area contributed by atoms with E-state index >= 15 is 0 Å². The van der Waals surface area contributed by atoms with Crippen molar-refractivity contribution in [2.24, 2.45) is 0 Å². The minimum Gasteiger partial charge on any atom is -0.247 e. The molecule has 0 heterocycles. The van der Waals surface area contributed by atoms with Crippen LogP contribution in [0, 0.1) is 6.92 Å². The van der Waals surface area contributed by atoms with Crippen molar-refractivity contribution in [1.29, 1.82) is 0 Å². The molecule has 0 bridgehead atoms. The Kier molecular flexibility index (Phi) is 3.68. The molecule has 0 aliphatic carbocycles. The summed E-state index contributed by atoms with van der Waals surface area (Å²) in [6.07, 6.45) is -3.01. The van der Waals surface area contributed by atoms with Crippen LogP contribution in [0.4, 0.5) is 17.6 Å². The van der Waals surface area contributed by atoms with Crippen molar-refractivity contribution in [3.63, 3.8) is 0 Å². The van der Waals surface area contributed by atoms with Crippen LogP contribution in [-0.4, -0.2) is 18.8 Å². The van der Waals surface area contributed by atoms with Crippen molar-refractivity contribution < 1.29 is 17.6 Å². The minimum absolute atomic E-state index is 0.240. The van der Waals surface area contributed by atoms with E-state index in [4.69, 9.17) is 0 Å². The van der Waals surface area contributed by atoms with Crippen LogP contribution < -0.4 is 0 Å². The summed E-state index contributed by atoms with van der Waals surface area (Å²) >= 11 is 0. The minimum atomic E-state index is -3.52. The van der Waals surface area contributed by atoms with Crippen LogP contribution in [0.25, 0.3) is 0 Å². The van der Waals surface area contributed by atoms with Crippen LogP contribution >= 0.6 is 0 Å². The predicted molar refractivity (Wildman–Crippen MR) is 30.4 cm³/mol. The Morgan fingerprint density at radius 1 is 1.40 bits per heavy atom. The smallest absolute Gasteiger partial charge is 0.247 e. The summed E-state index contributed by atoms with van der Waals surface area (Å²) in [4.78, 5) is 0. The maximum absolute atomic E-state index is 12.1. The highest BCUT2D eigenvalue weighted by molar-refractivity contribution is 4.71. The Balaban J connectivity index is 3.64. The molecule has 0 N–H and O–H groups in total. The number of hydrogen-bond donors (Lipinski definition) is 0. The molecule has 4 heteroatoms. The van der Waals surface area contributed by atoms with Gasteiger partial charge >= 0.3 is 0 Å². The second-order valence-corrected chi connectivity index (χ2v) is 2.08. The van der Waals surface area contributed by atoms with Gasteiger partial charge in [-0.05, 0) is 6.42 Å². The SMILES string of the molecule is [CH2]C[C@H](F)CC(F)(F)CF. The van der Waals surface area contributed by atoms with E-state index in [1.807, 2.05) is 0 Å². The van der Waals surface area contributed by atoms with Crippen LogP contribution in [0.3, 0.4) is 0 Å². The van der Waals surface area contributed by atoms with Gasteiger partial charge in [0.1, 0.15) is 6.17 Å². The molecular weight excluding hydrogens is 148 g/mol. The van der Waals surface area contributed by atoms with Gasteiger partial charge in [-0.15, -0.1) is 0 Å². The molecule has 1 radical (unpaired) electrons. The Bertz CT molecular complexity index is 91.7. The first-order valence-corrected chi connectivity index (χ1v) is 2.89. The van der Waals surface area contributed by atoms with Gasteiger partial charge in [0.05, 0.1) is 0 Å². The summed E-state index contributed by atoms with van der Waals surface area (Å²) < 4.78 is 47.3. The van der Waals surface area contributed by atoms with Crippen LogP contribution in [0.5, 0.6) is 0 Å². The highest BCUT2D eigenvalue weighted by Crippen LogP contribution is 2.23. The third kappa shape index (κ3) is 3.69. The van der Waals surface area contributed by atoms with E-state index in [0.717, 1.165) is 0 Å². The van der Waals surface area contributed by atoms with E-state index in [2.05, 4.69) is 6.92 Å². The van der Waals surface area contributed by atoms with Crippen LogP contribution in [0.15, 0.2) is 0 Å². The van der Waals surface area contributed by atoms with Gasteiger partial charge in [0.15, 0.2) is 6.67 Å². The molecule has 0 fully saturated rings. The maximum atomic E-state index is 12.1. The maximum Gasteiger partial charge on any atom is 0.278 e. The molecule has 0 unspecified atom stereocenters. The van der Waals surface area contributed by atoms with Gasteiger partial charge in [-0.2, -0.15) is 0 Å². The standard InChI is InChI=1S/C6H9F4/c1-2-5(8)3-6(9,10)4-7/h5H,1-4H2/t5-/m0/s1. The summed E-state index contributed by atoms with van der Waals surface area (Å²) in [5.41, 5.74) is 0. The van der Waals surface area contributed by atoms with Crippen LogP contribution in [0.1, 0.15) is 12.8 Å². The Labute approximate surface area is 57.2 Å². The van der Waals surface area contributed by atoms with Gasteiger partial charge < -0.3 is 0 Å². The van der Waals surface area contributed by atoms with Gasteiger partial charge in [0, 0.05) is 6.42 Å². The lowest BCUT2D eigenvalue weighted by Crippen LogP contribution is -2.23. The van der Waals surface area contributed by atoms with E-state index in [1.165, 1.54) is 0 Å². The first-order chi connectivity index (χ1) is 4.52. The quantitative estimate of drug-likeness (QED) is 0.550. The monoisotopic (exact) mass is 157 g/mol. The number of rotatable bonds is 4. The second kappa shape index (κ2) is 3.78. The lowest BCUT2D eigenvalue weighted by molar-refractivity contribution is -0.0472. The van der Waals surface area contributed by atoms with Crippen molar-refractivity contribution in [2.45, 2.75) is 24.9 Å². The molecule has 10 heavy (non-hydrogen) atoms. The molecule has 0 saturated carbocycles. The van der Waals surface area contributed by atoms with E-state index in [0.29, 0.717) is 0 Å². The molecule has 0 spiro atoms. The molecule has 1 atom stereocenters. The molecule has 61 valence electrons. The highest BCUT2D eigenvalue weighted by Gasteiger charge is 2.32. The molecular formula is C6H9F4. The average Bonchev–Trinajstić information content (AvgIpc) is 1.87. The zero-order valence-electron chi connectivity index (χ0n) is 5.42. The summed E-state index contributed by atoms with van der Waals surface area (Å²) in [6, 6.07) is 0. The van der Waals surface area contributed by atoms with Gasteiger partial charge in [0.25, 0.3) is 5.92 Å². The largest absolute Gasteiger partial charge is 0.278 e. The summed E-state index contributed by atoms with van der Waals surface area (Å²) in [7, 11) is 0.